The quantitative estimate of drug-likeness (QED) is 0.128. The van der Waals surface area contributed by atoms with Gasteiger partial charge in [0.2, 0.25) is 0 Å². The average Bonchev–Trinajstić information content (AvgIpc) is 3.47. The third-order valence-electron chi connectivity index (χ3n) is 7.86. The molecule has 4 aromatic carbocycles. The van der Waals surface area contributed by atoms with Crippen molar-refractivity contribution in [3.8, 4) is 33.6 Å². The standard InChI is InChI=1S/C27H22NS.C14H16NSi.Ir/c1-17(2)20-14-15-28-25(16-20)24-9-5-8-23-22-7-4-6-21(26(22)29-27(23)24)19-12-10-18(3)11-13-19;1-16(2,3)13-9-10-14(15-11-13)12-7-5-4-6-8-12;/h4-8,10-17H,1-3H3;4-7,9-11H,1-3H3;/q2*-1;/i3D3,17D;;. The Morgan fingerprint density at radius 1 is 0.783 bits per heavy atom. The van der Waals surface area contributed by atoms with Crippen LogP contribution in [0.2, 0.25) is 19.6 Å². The number of pyridine rings is 2. The molecule has 0 fully saturated rings. The Morgan fingerprint density at radius 2 is 1.59 bits per heavy atom. The van der Waals surface area contributed by atoms with E-state index in [2.05, 4.69) is 72.1 Å². The summed E-state index contributed by atoms with van der Waals surface area (Å²) in [4.78, 5) is 9.11. The zero-order chi connectivity index (χ0) is 35.0. The monoisotopic (exact) mass is 815 g/mol. The number of thiophene rings is 1. The summed E-state index contributed by atoms with van der Waals surface area (Å²) in [5.41, 5.74) is 7.13. The van der Waals surface area contributed by atoms with E-state index in [4.69, 9.17) is 5.48 Å². The van der Waals surface area contributed by atoms with Gasteiger partial charge in [0.25, 0.3) is 0 Å². The number of nitrogens with zero attached hydrogens (tertiary/aromatic N) is 2. The molecule has 2 nitrogen and oxygen atoms in total. The molecule has 0 unspecified atom stereocenters. The fraction of sp³-hybridized carbons (Fsp3) is 0.171. The van der Waals surface area contributed by atoms with Crippen LogP contribution < -0.4 is 5.19 Å². The molecular weight excluding hydrogens is 773 g/mol. The number of hydrogen-bond acceptors (Lipinski definition) is 3. The summed E-state index contributed by atoms with van der Waals surface area (Å²) in [6, 6.07) is 40.1. The van der Waals surface area contributed by atoms with Crippen LogP contribution in [0, 0.1) is 19.0 Å². The van der Waals surface area contributed by atoms with Gasteiger partial charge in [0.15, 0.2) is 0 Å². The largest absolute Gasteiger partial charge is 0.305 e. The minimum absolute atomic E-state index is 0. The Labute approximate surface area is 297 Å². The van der Waals surface area contributed by atoms with Gasteiger partial charge >= 0.3 is 0 Å². The first-order valence-electron chi connectivity index (χ1n) is 17.1. The van der Waals surface area contributed by atoms with Crippen molar-refractivity contribution < 1.29 is 25.6 Å². The summed E-state index contributed by atoms with van der Waals surface area (Å²) in [6.45, 7) is 8.64. The molecule has 0 saturated heterocycles. The smallest absolute Gasteiger partial charge is 0.0795 e. The van der Waals surface area contributed by atoms with Crippen LogP contribution in [0.15, 0.2) is 116 Å². The predicted molar refractivity (Wildman–Crippen MR) is 197 cm³/mol. The second-order valence-corrected chi connectivity index (χ2v) is 18.4. The van der Waals surface area contributed by atoms with Gasteiger partial charge in [-0.2, -0.15) is 11.3 Å². The van der Waals surface area contributed by atoms with Crippen LogP contribution in [0.25, 0.3) is 53.8 Å². The van der Waals surface area contributed by atoms with E-state index in [9.17, 15) is 0 Å². The Hall–Kier alpha value is -3.73. The van der Waals surface area contributed by atoms with Gasteiger partial charge in [-0.15, -0.1) is 59.7 Å². The topological polar surface area (TPSA) is 25.8 Å². The van der Waals surface area contributed by atoms with E-state index in [0.29, 0.717) is 5.56 Å². The van der Waals surface area contributed by atoms with Crippen molar-refractivity contribution in [2.45, 2.75) is 46.2 Å². The van der Waals surface area contributed by atoms with E-state index in [1.807, 2.05) is 80.7 Å². The van der Waals surface area contributed by atoms with Crippen LogP contribution in [0.1, 0.15) is 36.4 Å². The van der Waals surface area contributed by atoms with E-state index in [0.717, 1.165) is 59.4 Å². The van der Waals surface area contributed by atoms with Crippen molar-refractivity contribution >= 4 is 44.8 Å². The van der Waals surface area contributed by atoms with Gasteiger partial charge in [0.1, 0.15) is 0 Å². The molecule has 0 spiro atoms. The molecule has 0 saturated carbocycles. The molecule has 0 bridgehead atoms. The maximum atomic E-state index is 8.39. The fourth-order valence-electron chi connectivity index (χ4n) is 5.26. The SMILES string of the molecule is C[Si](C)(C)c1ccc(-c2[c-]cccc2)nc1.[2H]C([2H])([2H])c1ccc(-c2cccc3c2sc2c(-c4cc(C([2H])(C)C)ccn4)[c-]ccc23)cc1.[Ir]. The molecule has 233 valence electrons. The minimum atomic E-state index is -2.11. The van der Waals surface area contributed by atoms with Crippen molar-refractivity contribution in [1.29, 1.82) is 0 Å². The number of fused-ring (bicyclic) bond motifs is 3. The van der Waals surface area contributed by atoms with E-state index < -0.39 is 20.8 Å². The van der Waals surface area contributed by atoms with Crippen LogP contribution in [0.5, 0.6) is 0 Å². The summed E-state index contributed by atoms with van der Waals surface area (Å²) < 4.78 is 33.5. The summed E-state index contributed by atoms with van der Waals surface area (Å²) in [5, 5.41) is 3.69. The number of rotatable bonds is 5. The Bertz CT molecular complexity index is 2220. The fourth-order valence-corrected chi connectivity index (χ4v) is 7.64. The Kier molecular flexibility index (Phi) is 8.89. The molecule has 0 N–H and O–H groups in total. The third kappa shape index (κ3) is 7.29. The zero-order valence-corrected chi connectivity index (χ0v) is 30.8. The van der Waals surface area contributed by atoms with Crippen LogP contribution in [-0.2, 0) is 20.1 Å². The zero-order valence-electron chi connectivity index (χ0n) is 30.6. The number of hydrogen-bond donors (Lipinski definition) is 0. The second-order valence-electron chi connectivity index (χ2n) is 12.3. The molecule has 7 aromatic rings. The van der Waals surface area contributed by atoms with Gasteiger partial charge in [0, 0.05) is 42.7 Å². The van der Waals surface area contributed by atoms with Crippen molar-refractivity contribution in [2.75, 3.05) is 0 Å². The normalized spacial score (nSPS) is 13.1. The maximum absolute atomic E-state index is 8.39. The first kappa shape index (κ1) is 28.5. The Balaban J connectivity index is 0.000000241. The molecule has 7 rings (SSSR count). The van der Waals surface area contributed by atoms with Gasteiger partial charge in [0.05, 0.1) is 8.07 Å². The summed E-state index contributed by atoms with van der Waals surface area (Å²) >= 11 is 1.70. The van der Waals surface area contributed by atoms with Crippen molar-refractivity contribution in [3.05, 3.63) is 139 Å². The Morgan fingerprint density at radius 3 is 2.26 bits per heavy atom. The van der Waals surface area contributed by atoms with E-state index >= 15 is 0 Å². The van der Waals surface area contributed by atoms with Crippen LogP contribution in [0.4, 0.5) is 0 Å². The predicted octanol–water partition coefficient (Wildman–Crippen LogP) is 11.1. The maximum Gasteiger partial charge on any atom is 0.0795 e. The van der Waals surface area contributed by atoms with Gasteiger partial charge in [-0.05, 0) is 56.6 Å². The van der Waals surface area contributed by atoms with Gasteiger partial charge in [-0.25, -0.2) is 0 Å². The van der Waals surface area contributed by atoms with E-state index in [1.54, 1.807) is 29.7 Å². The van der Waals surface area contributed by atoms with Crippen molar-refractivity contribution in [1.82, 2.24) is 9.97 Å². The molecule has 0 amide bonds. The molecule has 0 aliphatic rings. The van der Waals surface area contributed by atoms with E-state index in [1.165, 1.54) is 5.19 Å². The average molecular weight is 815 g/mol. The molecule has 46 heavy (non-hydrogen) atoms. The molecule has 1 radical (unpaired) electrons. The first-order valence-corrected chi connectivity index (χ1v) is 19.4. The molecule has 0 atom stereocenters. The second kappa shape index (κ2) is 14.4. The molecular formula is C41H38IrN2SSi-2. The third-order valence-corrected chi connectivity index (χ3v) is 11.2. The molecule has 0 aliphatic heterocycles. The summed E-state index contributed by atoms with van der Waals surface area (Å²) in [6.07, 6.45) is 3.78. The molecule has 3 aromatic heterocycles. The summed E-state index contributed by atoms with van der Waals surface area (Å²) in [5.74, 6) is -0.709. The number of aryl methyl sites for hydroxylation is 1. The van der Waals surface area contributed by atoms with Gasteiger partial charge < -0.3 is 9.97 Å². The van der Waals surface area contributed by atoms with Gasteiger partial charge in [-0.3, -0.25) is 0 Å². The van der Waals surface area contributed by atoms with Crippen molar-refractivity contribution in [3.63, 3.8) is 0 Å². The minimum Gasteiger partial charge on any atom is -0.305 e. The number of aromatic nitrogens is 2. The van der Waals surface area contributed by atoms with Crippen molar-refractivity contribution in [2.24, 2.45) is 0 Å². The van der Waals surface area contributed by atoms with Crippen LogP contribution >= 0.6 is 11.3 Å². The van der Waals surface area contributed by atoms with E-state index in [-0.39, 0.29) is 20.1 Å². The molecule has 0 aliphatic carbocycles. The van der Waals surface area contributed by atoms with Gasteiger partial charge in [-0.1, -0.05) is 111 Å². The first-order chi connectivity index (χ1) is 23.2. The molecule has 3 heterocycles. The number of benzene rings is 4. The van der Waals surface area contributed by atoms with Crippen LogP contribution in [0.3, 0.4) is 0 Å². The van der Waals surface area contributed by atoms with Crippen LogP contribution in [-0.4, -0.2) is 18.0 Å². The molecule has 5 heteroatoms. The summed E-state index contributed by atoms with van der Waals surface area (Å²) in [7, 11) is -1.23.